The number of carbonyl (C=O) groups is 1. The van der Waals surface area contributed by atoms with Gasteiger partial charge in [0.1, 0.15) is 0 Å². The summed E-state index contributed by atoms with van der Waals surface area (Å²) in [5.41, 5.74) is 0. The van der Waals surface area contributed by atoms with Crippen LogP contribution in [0, 0.1) is 0 Å². The Labute approximate surface area is 102 Å². The van der Waals surface area contributed by atoms with Crippen LogP contribution in [-0.4, -0.2) is 73.7 Å². The Morgan fingerprint density at radius 3 is 2.62 bits per heavy atom. The first kappa shape index (κ1) is 13.8. The Balaban J connectivity index is 2.12. The molecule has 1 rings (SSSR count). The fourth-order valence-electron chi connectivity index (χ4n) is 1.62. The number of amides is 1. The highest BCUT2D eigenvalue weighted by Crippen LogP contribution is 2.12. The number of hydrogen-bond acceptors (Lipinski definition) is 4. The topological polar surface area (TPSA) is 32.8 Å². The predicted molar refractivity (Wildman–Crippen MR) is 67.9 cm³/mol. The molecule has 5 heteroatoms. The van der Waals surface area contributed by atoms with E-state index in [1.807, 2.05) is 6.92 Å². The zero-order valence-electron chi connectivity index (χ0n) is 10.4. The minimum absolute atomic E-state index is 0.0658. The Hall–Kier alpha value is -0.260. The van der Waals surface area contributed by atoms with Gasteiger partial charge >= 0.3 is 0 Å². The first-order chi connectivity index (χ1) is 7.61. The van der Waals surface area contributed by atoms with Crippen LogP contribution in [-0.2, 0) is 9.53 Å². The quantitative estimate of drug-likeness (QED) is 0.708. The van der Waals surface area contributed by atoms with Crippen LogP contribution in [0.5, 0.6) is 0 Å². The fraction of sp³-hybridized carbons (Fsp3) is 0.909. The molecule has 0 N–H and O–H groups in total. The van der Waals surface area contributed by atoms with Crippen LogP contribution in [0.3, 0.4) is 0 Å². The Morgan fingerprint density at radius 2 is 2.06 bits per heavy atom. The first-order valence-electron chi connectivity index (χ1n) is 5.74. The van der Waals surface area contributed by atoms with Gasteiger partial charge in [-0.1, -0.05) is 0 Å². The van der Waals surface area contributed by atoms with E-state index >= 15 is 0 Å². The molecular weight excluding hydrogens is 224 g/mol. The summed E-state index contributed by atoms with van der Waals surface area (Å²) in [6, 6.07) is 0. The molecule has 0 aromatic heterocycles. The lowest BCUT2D eigenvalue weighted by atomic mass is 10.4. The zero-order valence-corrected chi connectivity index (χ0v) is 11.3. The average molecular weight is 246 g/mol. The molecule has 1 atom stereocenters. The van der Waals surface area contributed by atoms with Crippen molar-refractivity contribution in [2.24, 2.45) is 0 Å². The summed E-state index contributed by atoms with van der Waals surface area (Å²) in [5.74, 6) is 1.22. The largest absolute Gasteiger partial charge is 0.379 e. The van der Waals surface area contributed by atoms with E-state index in [1.165, 1.54) is 0 Å². The predicted octanol–water partition coefficient (Wildman–Crippen LogP) is 0.528. The number of ether oxygens (including phenoxy) is 1. The lowest BCUT2D eigenvalue weighted by Crippen LogP contribution is -2.38. The number of carbonyl (C=O) groups excluding carboxylic acids is 1. The van der Waals surface area contributed by atoms with Gasteiger partial charge in [0.05, 0.1) is 18.5 Å². The minimum atomic E-state index is 0.0658. The van der Waals surface area contributed by atoms with Gasteiger partial charge in [-0.2, -0.15) is 0 Å². The Kier molecular flexibility index (Phi) is 6.16. The van der Waals surface area contributed by atoms with Gasteiger partial charge < -0.3 is 9.64 Å². The van der Waals surface area contributed by atoms with E-state index in [4.69, 9.17) is 4.74 Å². The normalized spacial score (nSPS) is 19.4. The lowest BCUT2D eigenvalue weighted by molar-refractivity contribution is -0.127. The second-order valence-electron chi connectivity index (χ2n) is 4.20. The van der Waals surface area contributed by atoms with E-state index in [0.717, 1.165) is 38.6 Å². The molecule has 1 fully saturated rings. The summed E-state index contributed by atoms with van der Waals surface area (Å²) in [4.78, 5) is 15.6. The molecule has 0 aliphatic carbocycles. The number of rotatable bonds is 5. The highest BCUT2D eigenvalue weighted by molar-refractivity contribution is 8.00. The van der Waals surface area contributed by atoms with E-state index in [2.05, 4.69) is 4.90 Å². The van der Waals surface area contributed by atoms with Crippen molar-refractivity contribution in [2.45, 2.75) is 12.2 Å². The monoisotopic (exact) mass is 246 g/mol. The van der Waals surface area contributed by atoms with Gasteiger partial charge in [0.15, 0.2) is 0 Å². The maximum Gasteiger partial charge on any atom is 0.234 e. The molecule has 0 unspecified atom stereocenters. The van der Waals surface area contributed by atoms with Gasteiger partial charge in [-0.15, -0.1) is 11.8 Å². The molecule has 0 radical (unpaired) electrons. The van der Waals surface area contributed by atoms with Crippen molar-refractivity contribution in [3.63, 3.8) is 0 Å². The van der Waals surface area contributed by atoms with Crippen molar-refractivity contribution in [3.05, 3.63) is 0 Å². The average Bonchev–Trinajstić information content (AvgIpc) is 2.29. The summed E-state index contributed by atoms with van der Waals surface area (Å²) in [7, 11) is 3.61. The molecule has 1 amide bonds. The summed E-state index contributed by atoms with van der Waals surface area (Å²) in [6.07, 6.45) is 0. The van der Waals surface area contributed by atoms with Crippen molar-refractivity contribution in [3.8, 4) is 0 Å². The smallest absolute Gasteiger partial charge is 0.234 e. The Morgan fingerprint density at radius 1 is 1.44 bits per heavy atom. The molecule has 1 aliphatic rings. The molecule has 94 valence electrons. The number of morpholine rings is 1. The molecule has 4 nitrogen and oxygen atoms in total. The maximum absolute atomic E-state index is 11.6. The highest BCUT2D eigenvalue weighted by atomic mass is 32.2. The summed E-state index contributed by atoms with van der Waals surface area (Å²) in [6.45, 7) is 6.77. The molecule has 0 aromatic carbocycles. The summed E-state index contributed by atoms with van der Waals surface area (Å²) >= 11 is 1.73. The second-order valence-corrected chi connectivity index (χ2v) is 5.65. The van der Waals surface area contributed by atoms with Crippen LogP contribution in [0.25, 0.3) is 0 Å². The van der Waals surface area contributed by atoms with E-state index < -0.39 is 0 Å². The van der Waals surface area contributed by atoms with Gasteiger partial charge in [-0.25, -0.2) is 0 Å². The first-order valence-corrected chi connectivity index (χ1v) is 6.79. The fourth-order valence-corrected chi connectivity index (χ4v) is 2.69. The molecule has 0 spiro atoms. The van der Waals surface area contributed by atoms with Crippen molar-refractivity contribution in [2.75, 3.05) is 52.7 Å². The third kappa shape index (κ3) is 4.72. The molecule has 16 heavy (non-hydrogen) atoms. The molecule has 1 aliphatic heterocycles. The zero-order chi connectivity index (χ0) is 12.0. The lowest BCUT2D eigenvalue weighted by Gasteiger charge is -2.26. The summed E-state index contributed by atoms with van der Waals surface area (Å²) < 4.78 is 5.29. The van der Waals surface area contributed by atoms with E-state index in [1.54, 1.807) is 30.8 Å². The van der Waals surface area contributed by atoms with Crippen LogP contribution < -0.4 is 0 Å². The van der Waals surface area contributed by atoms with Crippen molar-refractivity contribution >= 4 is 17.7 Å². The third-order valence-electron chi connectivity index (χ3n) is 2.67. The number of hydrogen-bond donors (Lipinski definition) is 0. The van der Waals surface area contributed by atoms with Crippen molar-refractivity contribution < 1.29 is 9.53 Å². The van der Waals surface area contributed by atoms with Crippen LogP contribution >= 0.6 is 11.8 Å². The Bertz CT molecular complexity index is 218. The highest BCUT2D eigenvalue weighted by Gasteiger charge is 2.16. The van der Waals surface area contributed by atoms with Crippen LogP contribution in [0.15, 0.2) is 0 Å². The van der Waals surface area contributed by atoms with Crippen molar-refractivity contribution in [1.29, 1.82) is 0 Å². The molecule has 0 aromatic rings. The minimum Gasteiger partial charge on any atom is -0.379 e. The van der Waals surface area contributed by atoms with E-state index in [9.17, 15) is 4.79 Å². The third-order valence-corrected chi connectivity index (χ3v) is 3.79. The van der Waals surface area contributed by atoms with Gasteiger partial charge in [0.25, 0.3) is 0 Å². The number of thioether (sulfide) groups is 1. The van der Waals surface area contributed by atoms with Crippen LogP contribution in [0.4, 0.5) is 0 Å². The molecule has 0 saturated carbocycles. The van der Waals surface area contributed by atoms with Gasteiger partial charge in [0, 0.05) is 39.5 Å². The standard InChI is InChI=1S/C11H22N2O2S/c1-10(11(14)12(2)3)16-9-6-13-4-7-15-8-5-13/h10H,4-9H2,1-3H3/t10-/m0/s1. The van der Waals surface area contributed by atoms with Crippen LogP contribution in [0.2, 0.25) is 0 Å². The maximum atomic E-state index is 11.6. The van der Waals surface area contributed by atoms with Gasteiger partial charge in [-0.05, 0) is 6.92 Å². The number of nitrogens with zero attached hydrogens (tertiary/aromatic N) is 2. The van der Waals surface area contributed by atoms with E-state index in [0.29, 0.717) is 0 Å². The molecular formula is C11H22N2O2S. The molecule has 1 saturated heterocycles. The van der Waals surface area contributed by atoms with Crippen molar-refractivity contribution in [1.82, 2.24) is 9.80 Å². The second kappa shape index (κ2) is 7.14. The molecule has 0 bridgehead atoms. The summed E-state index contributed by atoms with van der Waals surface area (Å²) in [5, 5.41) is 0.0658. The molecule has 1 heterocycles. The van der Waals surface area contributed by atoms with Gasteiger partial charge in [0.2, 0.25) is 5.91 Å². The SMILES string of the molecule is C[C@H](SCCN1CCOCC1)C(=O)N(C)C. The van der Waals surface area contributed by atoms with E-state index in [-0.39, 0.29) is 11.2 Å². The van der Waals surface area contributed by atoms with Gasteiger partial charge in [-0.3, -0.25) is 9.69 Å². The van der Waals surface area contributed by atoms with Crippen LogP contribution in [0.1, 0.15) is 6.92 Å².